The summed E-state index contributed by atoms with van der Waals surface area (Å²) in [6, 6.07) is 5.75. The highest BCUT2D eigenvalue weighted by Gasteiger charge is 1.93. The molecule has 1 aromatic rings. The van der Waals surface area contributed by atoms with Gasteiger partial charge in [0, 0.05) is 21.4 Å². The monoisotopic (exact) mass is 156 g/mol. The van der Waals surface area contributed by atoms with Gasteiger partial charge in [-0.3, -0.25) is 0 Å². The molecule has 0 unspecified atom stereocenters. The van der Waals surface area contributed by atoms with E-state index in [-0.39, 0.29) is 0 Å². The predicted octanol–water partition coefficient (Wildman–Crippen LogP) is -0.360. The molecule has 0 radical (unpaired) electrons. The van der Waals surface area contributed by atoms with Crippen LogP contribution in [0.25, 0.3) is 0 Å². The van der Waals surface area contributed by atoms with Crippen molar-refractivity contribution in [1.82, 2.24) is 0 Å². The molecule has 0 amide bonds. The lowest BCUT2D eigenvalue weighted by Crippen LogP contribution is -2.07. The minimum Gasteiger partial charge on any atom is -0.115 e. The number of hydrogen-bond donors (Lipinski definition) is 0. The van der Waals surface area contributed by atoms with Crippen LogP contribution in [-0.4, -0.2) is 10.2 Å². The highest BCUT2D eigenvalue weighted by Crippen LogP contribution is 1.97. The van der Waals surface area contributed by atoms with Gasteiger partial charge in [-0.25, -0.2) is 0 Å². The van der Waals surface area contributed by atoms with Crippen LogP contribution in [0.5, 0.6) is 0 Å². The lowest BCUT2D eigenvalue weighted by atomic mass is 10.1. The zero-order chi connectivity index (χ0) is 8.27. The smallest absolute Gasteiger partial charge is 0.0401 e. The quantitative estimate of drug-likeness (QED) is 0.355. The van der Waals surface area contributed by atoms with E-state index in [1.54, 1.807) is 0 Å². The molecule has 11 heavy (non-hydrogen) atoms. The van der Waals surface area contributed by atoms with Crippen LogP contribution in [0, 0.1) is 24.7 Å². The third-order valence-electron chi connectivity index (χ3n) is 1.55. The zero-order valence-electron chi connectivity index (χ0n) is 6.39. The molecule has 0 aliphatic heterocycles. The molecule has 0 nitrogen and oxygen atoms in total. The maximum absolute atomic E-state index is 5.26. The lowest BCUT2D eigenvalue weighted by molar-refractivity contribution is 1.66. The topological polar surface area (TPSA) is 0 Å². The van der Waals surface area contributed by atoms with E-state index >= 15 is 0 Å². The summed E-state index contributed by atoms with van der Waals surface area (Å²) < 4.78 is 0. The fourth-order valence-corrected chi connectivity index (χ4v) is 1.54. The molecule has 0 spiro atoms. The SMILES string of the molecule is C#Cc1ccc(C#C)c([SiH3])c1. The molecule has 0 atom stereocenters. The molecule has 0 fully saturated rings. The summed E-state index contributed by atoms with van der Waals surface area (Å²) in [7, 11) is 0.950. The second-order valence-corrected chi connectivity index (χ2v) is 3.40. The Kier molecular flexibility index (Phi) is 2.16. The van der Waals surface area contributed by atoms with Gasteiger partial charge >= 0.3 is 0 Å². The summed E-state index contributed by atoms with van der Waals surface area (Å²) >= 11 is 0. The van der Waals surface area contributed by atoms with E-state index in [0.29, 0.717) is 0 Å². The predicted molar refractivity (Wildman–Crippen MR) is 51.9 cm³/mol. The first-order valence-electron chi connectivity index (χ1n) is 3.32. The minimum atomic E-state index is 0.911. The molecule has 0 N–H and O–H groups in total. The largest absolute Gasteiger partial charge is 0.115 e. The standard InChI is InChI=1S/C10H8Si/c1-3-8-5-6-9(4-2)10(11)7-8/h1-2,5-7H,11H3. The summed E-state index contributed by atoms with van der Waals surface area (Å²) in [6.45, 7) is 0. The first-order chi connectivity index (χ1) is 5.27. The van der Waals surface area contributed by atoms with Crippen molar-refractivity contribution in [2.75, 3.05) is 0 Å². The van der Waals surface area contributed by atoms with Crippen molar-refractivity contribution in [3.05, 3.63) is 29.3 Å². The van der Waals surface area contributed by atoms with Crippen molar-refractivity contribution in [2.45, 2.75) is 0 Å². The van der Waals surface area contributed by atoms with Crippen molar-refractivity contribution in [2.24, 2.45) is 0 Å². The van der Waals surface area contributed by atoms with Crippen molar-refractivity contribution in [3.63, 3.8) is 0 Å². The van der Waals surface area contributed by atoms with E-state index in [1.165, 1.54) is 5.19 Å². The Hall–Kier alpha value is -1.44. The average Bonchev–Trinajstić information content (AvgIpc) is 2.04. The molecule has 0 heterocycles. The molecule has 0 saturated carbocycles. The first-order valence-corrected chi connectivity index (χ1v) is 4.32. The molecule has 1 heteroatoms. The van der Waals surface area contributed by atoms with Gasteiger partial charge in [-0.1, -0.05) is 17.0 Å². The normalized spacial score (nSPS) is 8.55. The Morgan fingerprint density at radius 1 is 1.18 bits per heavy atom. The van der Waals surface area contributed by atoms with Gasteiger partial charge < -0.3 is 0 Å². The van der Waals surface area contributed by atoms with Crippen LogP contribution < -0.4 is 5.19 Å². The van der Waals surface area contributed by atoms with E-state index < -0.39 is 0 Å². The summed E-state index contributed by atoms with van der Waals surface area (Å²) in [6.07, 6.45) is 10.5. The van der Waals surface area contributed by atoms with Crippen LogP contribution in [0.1, 0.15) is 11.1 Å². The van der Waals surface area contributed by atoms with Crippen LogP contribution >= 0.6 is 0 Å². The Morgan fingerprint density at radius 2 is 1.91 bits per heavy atom. The zero-order valence-corrected chi connectivity index (χ0v) is 8.39. The van der Waals surface area contributed by atoms with Gasteiger partial charge in [0.25, 0.3) is 0 Å². The minimum absolute atomic E-state index is 0.911. The van der Waals surface area contributed by atoms with Gasteiger partial charge in [-0.2, -0.15) is 0 Å². The summed E-state index contributed by atoms with van der Waals surface area (Å²) in [5.41, 5.74) is 1.88. The van der Waals surface area contributed by atoms with E-state index in [4.69, 9.17) is 12.8 Å². The third-order valence-corrected chi connectivity index (χ3v) is 2.38. The molecule has 0 aliphatic rings. The van der Waals surface area contributed by atoms with Gasteiger partial charge in [0.2, 0.25) is 0 Å². The van der Waals surface area contributed by atoms with Crippen LogP contribution in [0.4, 0.5) is 0 Å². The summed E-state index contributed by atoms with van der Waals surface area (Å²) in [5.74, 6) is 5.19. The Morgan fingerprint density at radius 3 is 2.36 bits per heavy atom. The highest BCUT2D eigenvalue weighted by atomic mass is 28.1. The van der Waals surface area contributed by atoms with Gasteiger partial charge in [-0.05, 0) is 18.2 Å². The van der Waals surface area contributed by atoms with Gasteiger partial charge in [0.15, 0.2) is 0 Å². The van der Waals surface area contributed by atoms with Crippen molar-refractivity contribution < 1.29 is 0 Å². The fourth-order valence-electron chi connectivity index (χ4n) is 0.915. The first kappa shape index (κ1) is 7.66. The molecule has 0 saturated heterocycles. The fraction of sp³-hybridized carbons (Fsp3) is 0. The van der Waals surface area contributed by atoms with Crippen LogP contribution in [-0.2, 0) is 0 Å². The average molecular weight is 156 g/mol. The maximum Gasteiger partial charge on any atom is 0.0401 e. The highest BCUT2D eigenvalue weighted by molar-refractivity contribution is 6.33. The number of hydrogen-bond acceptors (Lipinski definition) is 0. The second kappa shape index (κ2) is 3.10. The second-order valence-electron chi connectivity index (χ2n) is 2.32. The van der Waals surface area contributed by atoms with E-state index in [0.717, 1.165) is 21.4 Å². The van der Waals surface area contributed by atoms with Crippen LogP contribution in [0.2, 0.25) is 0 Å². The van der Waals surface area contributed by atoms with Crippen molar-refractivity contribution in [1.29, 1.82) is 0 Å². The number of rotatable bonds is 0. The maximum atomic E-state index is 5.26. The van der Waals surface area contributed by atoms with Crippen LogP contribution in [0.3, 0.4) is 0 Å². The molecular formula is C10H8Si. The van der Waals surface area contributed by atoms with E-state index in [9.17, 15) is 0 Å². The van der Waals surface area contributed by atoms with Crippen LogP contribution in [0.15, 0.2) is 18.2 Å². The molecule has 0 aliphatic carbocycles. The van der Waals surface area contributed by atoms with Gasteiger partial charge in [-0.15, -0.1) is 12.8 Å². The Labute approximate surface area is 70.1 Å². The van der Waals surface area contributed by atoms with E-state index in [1.807, 2.05) is 18.2 Å². The molecule has 1 rings (SSSR count). The summed E-state index contributed by atoms with van der Waals surface area (Å²) in [4.78, 5) is 0. The van der Waals surface area contributed by atoms with Crippen molar-refractivity contribution in [3.8, 4) is 24.7 Å². The number of terminal acetylenes is 2. The number of benzene rings is 1. The van der Waals surface area contributed by atoms with Gasteiger partial charge in [0.1, 0.15) is 0 Å². The Bertz CT molecular complexity index is 350. The van der Waals surface area contributed by atoms with E-state index in [2.05, 4.69) is 11.8 Å². The third kappa shape index (κ3) is 1.52. The summed E-state index contributed by atoms with van der Waals surface area (Å²) in [5, 5.41) is 1.20. The molecular weight excluding hydrogens is 148 g/mol. The molecule has 52 valence electrons. The Balaban J connectivity index is 3.25. The van der Waals surface area contributed by atoms with Gasteiger partial charge in [0.05, 0.1) is 0 Å². The molecule has 1 aromatic carbocycles. The molecule has 0 aromatic heterocycles. The van der Waals surface area contributed by atoms with Crippen molar-refractivity contribution >= 4 is 15.4 Å². The lowest BCUT2D eigenvalue weighted by Gasteiger charge is -1.97. The molecule has 0 bridgehead atoms.